The predicted molar refractivity (Wildman–Crippen MR) is 86.9 cm³/mol. The van der Waals surface area contributed by atoms with Crippen LogP contribution in [0.15, 0.2) is 17.0 Å². The maximum absolute atomic E-state index is 11.6. The molecule has 1 aromatic heterocycles. The first kappa shape index (κ1) is 15.1. The summed E-state index contributed by atoms with van der Waals surface area (Å²) < 4.78 is 38.8. The smallest absolute Gasteiger partial charge is 0.298 e. The first-order valence-corrected chi connectivity index (χ1v) is 10.3. The van der Waals surface area contributed by atoms with Gasteiger partial charge in [0.05, 0.1) is 11.5 Å². The molecule has 0 fully saturated rings. The van der Waals surface area contributed by atoms with E-state index in [0.29, 0.717) is 6.61 Å². The van der Waals surface area contributed by atoms with Crippen molar-refractivity contribution in [3.8, 4) is 16.2 Å². The fourth-order valence-corrected chi connectivity index (χ4v) is 6.12. The lowest BCUT2D eigenvalue weighted by atomic mass is 9.92. The van der Waals surface area contributed by atoms with Gasteiger partial charge in [-0.15, -0.1) is 0 Å². The highest BCUT2D eigenvalue weighted by Gasteiger charge is 2.25. The largest absolute Gasteiger partial charge is 0.492 e. The Labute approximate surface area is 135 Å². The molecule has 4 nitrogen and oxygen atoms in total. The zero-order valence-corrected chi connectivity index (χ0v) is 14.3. The van der Waals surface area contributed by atoms with Gasteiger partial charge in [-0.05, 0) is 43.0 Å². The van der Waals surface area contributed by atoms with E-state index in [4.69, 9.17) is 17.0 Å². The van der Waals surface area contributed by atoms with Crippen LogP contribution in [0, 0.1) is 3.82 Å². The fraction of sp³-hybridized carbons (Fsp3) is 0.308. The molecule has 0 amide bonds. The molecule has 0 atom stereocenters. The number of benzene rings is 1. The summed E-state index contributed by atoms with van der Waals surface area (Å²) in [5.41, 5.74) is 2.98. The summed E-state index contributed by atoms with van der Waals surface area (Å²) in [7, 11) is -1.25. The van der Waals surface area contributed by atoms with Crippen LogP contribution in [-0.2, 0) is 23.0 Å². The second kappa shape index (κ2) is 5.44. The normalized spacial score (nSPS) is 13.6. The molecule has 0 saturated heterocycles. The van der Waals surface area contributed by atoms with Crippen molar-refractivity contribution in [2.75, 3.05) is 6.61 Å². The van der Waals surface area contributed by atoms with Crippen LogP contribution in [0.25, 0.3) is 10.4 Å². The molecule has 0 radical (unpaired) electrons. The average molecular weight is 361 g/mol. The van der Waals surface area contributed by atoms with Crippen LogP contribution in [-0.4, -0.2) is 19.6 Å². The van der Waals surface area contributed by atoms with Gasteiger partial charge in [-0.25, -0.2) is 0 Å². The molecule has 0 spiro atoms. The molecule has 0 aliphatic heterocycles. The molecular weight excluding hydrogens is 348 g/mol. The van der Waals surface area contributed by atoms with Crippen molar-refractivity contribution in [3.05, 3.63) is 27.1 Å². The van der Waals surface area contributed by atoms with E-state index < -0.39 is 10.1 Å². The summed E-state index contributed by atoms with van der Waals surface area (Å²) in [6, 6.07) is 3.23. The number of hydrogen-bond donors (Lipinski definition) is 1. The van der Waals surface area contributed by atoms with E-state index in [-0.39, 0.29) is 10.6 Å². The van der Waals surface area contributed by atoms with Crippen LogP contribution in [0.1, 0.15) is 18.1 Å². The molecule has 8 heteroatoms. The van der Waals surface area contributed by atoms with E-state index in [1.54, 1.807) is 23.3 Å². The zero-order valence-electron chi connectivity index (χ0n) is 11.1. The minimum absolute atomic E-state index is 0.180. The lowest BCUT2D eigenvalue weighted by molar-refractivity contribution is 0.329. The van der Waals surface area contributed by atoms with Crippen molar-refractivity contribution in [2.24, 2.45) is 0 Å². The van der Waals surface area contributed by atoms with Gasteiger partial charge >= 0.3 is 0 Å². The Morgan fingerprint density at radius 3 is 2.76 bits per heavy atom. The topological polar surface area (TPSA) is 63.6 Å². The number of rotatable bonds is 3. The second-order valence-electron chi connectivity index (χ2n) is 4.63. The summed E-state index contributed by atoms with van der Waals surface area (Å²) in [6.45, 7) is 2.11. The van der Waals surface area contributed by atoms with Crippen LogP contribution < -0.4 is 4.74 Å². The highest BCUT2D eigenvalue weighted by Crippen LogP contribution is 2.43. The van der Waals surface area contributed by atoms with Crippen LogP contribution in [0.2, 0.25) is 0 Å². The van der Waals surface area contributed by atoms with Crippen molar-refractivity contribution >= 4 is 43.0 Å². The van der Waals surface area contributed by atoms with Crippen molar-refractivity contribution in [3.63, 3.8) is 0 Å². The molecule has 3 rings (SSSR count). The SMILES string of the molecule is CCOc1cc2c(cc1S(=O)(=O)O)-c1ssc(=S)c1CC2. The molecule has 21 heavy (non-hydrogen) atoms. The Morgan fingerprint density at radius 2 is 2.10 bits per heavy atom. The lowest BCUT2D eigenvalue weighted by Gasteiger charge is -2.19. The summed E-state index contributed by atoms with van der Waals surface area (Å²) in [4.78, 5) is 0.833. The van der Waals surface area contributed by atoms with Gasteiger partial charge in [0.1, 0.15) is 14.5 Å². The van der Waals surface area contributed by atoms with Crippen LogP contribution >= 0.6 is 32.9 Å². The molecule has 1 aliphatic carbocycles. The highest BCUT2D eigenvalue weighted by atomic mass is 32.9. The van der Waals surface area contributed by atoms with Gasteiger partial charge in [-0.1, -0.05) is 32.9 Å². The number of hydrogen-bond acceptors (Lipinski definition) is 6. The van der Waals surface area contributed by atoms with Crippen molar-refractivity contribution in [1.29, 1.82) is 0 Å². The van der Waals surface area contributed by atoms with Gasteiger partial charge < -0.3 is 4.74 Å². The van der Waals surface area contributed by atoms with Gasteiger partial charge in [-0.3, -0.25) is 4.55 Å². The monoisotopic (exact) mass is 360 g/mol. The number of fused-ring (bicyclic) bond motifs is 3. The van der Waals surface area contributed by atoms with Crippen LogP contribution in [0.3, 0.4) is 0 Å². The van der Waals surface area contributed by atoms with Crippen LogP contribution in [0.4, 0.5) is 0 Å². The van der Waals surface area contributed by atoms with Gasteiger partial charge in [0.2, 0.25) is 0 Å². The summed E-state index contributed by atoms with van der Waals surface area (Å²) >= 11 is 5.31. The summed E-state index contributed by atoms with van der Waals surface area (Å²) in [6.07, 6.45) is 1.65. The molecule has 112 valence electrons. The number of aryl methyl sites for hydroxylation is 1. The van der Waals surface area contributed by atoms with E-state index >= 15 is 0 Å². The first-order valence-electron chi connectivity index (χ1n) is 6.31. The minimum Gasteiger partial charge on any atom is -0.492 e. The third-order valence-electron chi connectivity index (χ3n) is 3.36. The standard InChI is InChI=1S/C13H12O4S4/c1-2-17-10-5-7-3-4-8-12(19-20-13(8)18)9(7)6-11(10)21(14,15)16/h5-6H,2-4H2,1H3,(H,14,15,16). The minimum atomic E-state index is -4.33. The van der Waals surface area contributed by atoms with Crippen molar-refractivity contribution in [1.82, 2.24) is 0 Å². The van der Waals surface area contributed by atoms with Gasteiger partial charge in [-0.2, -0.15) is 8.42 Å². The van der Waals surface area contributed by atoms with Gasteiger partial charge in [0, 0.05) is 5.56 Å². The Balaban J connectivity index is 2.28. The second-order valence-corrected chi connectivity index (χ2v) is 8.83. The third-order valence-corrected chi connectivity index (χ3v) is 7.41. The maximum Gasteiger partial charge on any atom is 0.298 e. The number of ether oxygens (including phenoxy) is 1. The summed E-state index contributed by atoms with van der Waals surface area (Å²) in [5, 5.41) is 0. The van der Waals surface area contributed by atoms with E-state index in [2.05, 4.69) is 0 Å². The quantitative estimate of drug-likeness (QED) is 0.510. The molecule has 1 aromatic carbocycles. The Morgan fingerprint density at radius 1 is 1.33 bits per heavy atom. The van der Waals surface area contributed by atoms with Crippen LogP contribution in [0.5, 0.6) is 5.75 Å². The molecule has 0 bridgehead atoms. The van der Waals surface area contributed by atoms with Crippen molar-refractivity contribution < 1.29 is 17.7 Å². The fourth-order valence-electron chi connectivity index (χ4n) is 2.45. The molecule has 1 aliphatic rings. The Bertz CT molecular complexity index is 861. The van der Waals surface area contributed by atoms with Crippen molar-refractivity contribution in [2.45, 2.75) is 24.7 Å². The van der Waals surface area contributed by atoms with Gasteiger partial charge in [0.25, 0.3) is 10.1 Å². The molecule has 1 N–H and O–H groups in total. The van der Waals surface area contributed by atoms with E-state index in [9.17, 15) is 13.0 Å². The zero-order chi connectivity index (χ0) is 15.2. The van der Waals surface area contributed by atoms with E-state index in [1.165, 1.54) is 16.4 Å². The van der Waals surface area contributed by atoms with E-state index in [0.717, 1.165) is 38.2 Å². The molecule has 1 heterocycles. The Kier molecular flexibility index (Phi) is 3.91. The summed E-state index contributed by atoms with van der Waals surface area (Å²) in [5.74, 6) is 0.209. The van der Waals surface area contributed by atoms with E-state index in [1.807, 2.05) is 0 Å². The lowest BCUT2D eigenvalue weighted by Crippen LogP contribution is -2.08. The highest BCUT2D eigenvalue weighted by molar-refractivity contribution is 7.86. The average Bonchev–Trinajstić information content (AvgIpc) is 2.79. The predicted octanol–water partition coefficient (Wildman–Crippen LogP) is 3.95. The first-order chi connectivity index (χ1) is 9.91. The third kappa shape index (κ3) is 2.66. The molecular formula is C13H12O4S4. The molecule has 0 unspecified atom stereocenters. The Hall–Kier alpha value is -0.800. The molecule has 0 saturated carbocycles. The molecule has 2 aromatic rings. The van der Waals surface area contributed by atoms with Gasteiger partial charge in [0.15, 0.2) is 0 Å². The maximum atomic E-state index is 11.6.